The van der Waals surface area contributed by atoms with Crippen molar-refractivity contribution in [3.05, 3.63) is 66.6 Å². The number of hydrogen-bond acceptors (Lipinski definition) is 4. The number of carbonyl (C=O) groups excluding carboxylic acids is 1. The zero-order chi connectivity index (χ0) is 16.4. The van der Waals surface area contributed by atoms with Crippen LogP contribution in [0.25, 0.3) is 11.5 Å². The molecule has 1 N–H and O–H groups in total. The molecule has 5 nitrogen and oxygen atoms in total. The molecule has 0 bridgehead atoms. The molecule has 5 heteroatoms. The van der Waals surface area contributed by atoms with Crippen molar-refractivity contribution in [3.8, 4) is 17.2 Å². The van der Waals surface area contributed by atoms with E-state index in [0.29, 0.717) is 18.9 Å². The van der Waals surface area contributed by atoms with Gasteiger partial charge in [-0.2, -0.15) is 0 Å². The molecule has 0 fully saturated rings. The number of fused-ring (bicyclic) bond motifs is 1. The van der Waals surface area contributed by atoms with Gasteiger partial charge in [-0.15, -0.1) is 0 Å². The second-order valence-electron chi connectivity index (χ2n) is 5.73. The molecule has 0 spiro atoms. The first-order valence-electron chi connectivity index (χ1n) is 7.81. The normalized spacial score (nSPS) is 16.1. The van der Waals surface area contributed by atoms with E-state index in [1.54, 1.807) is 6.20 Å². The van der Waals surface area contributed by atoms with Crippen molar-refractivity contribution < 1.29 is 13.9 Å². The summed E-state index contributed by atoms with van der Waals surface area (Å²) >= 11 is 0. The number of rotatable bonds is 3. The number of oxazole rings is 1. The Kier molecular flexibility index (Phi) is 3.75. The maximum atomic E-state index is 12.5. The second kappa shape index (κ2) is 6.20. The number of anilines is 1. The van der Waals surface area contributed by atoms with E-state index in [2.05, 4.69) is 10.3 Å². The zero-order valence-corrected chi connectivity index (χ0v) is 12.9. The molecule has 1 amide bonds. The molecule has 0 saturated carbocycles. The first kappa shape index (κ1) is 14.5. The van der Waals surface area contributed by atoms with Crippen LogP contribution in [0.5, 0.6) is 5.75 Å². The van der Waals surface area contributed by atoms with Gasteiger partial charge in [0.05, 0.1) is 12.1 Å². The molecule has 1 aromatic heterocycles. The molecule has 3 aromatic rings. The number of aromatic nitrogens is 1. The Morgan fingerprint density at radius 2 is 2.08 bits per heavy atom. The van der Waals surface area contributed by atoms with Crippen LogP contribution in [0, 0.1) is 5.92 Å². The highest BCUT2D eigenvalue weighted by atomic mass is 16.5. The van der Waals surface area contributed by atoms with Crippen molar-refractivity contribution in [2.24, 2.45) is 5.92 Å². The fourth-order valence-electron chi connectivity index (χ4n) is 2.84. The van der Waals surface area contributed by atoms with Gasteiger partial charge in [-0.1, -0.05) is 24.3 Å². The molecule has 2 heterocycles. The minimum absolute atomic E-state index is 0.0472. The third-order valence-corrected chi connectivity index (χ3v) is 4.06. The van der Waals surface area contributed by atoms with Gasteiger partial charge in [-0.3, -0.25) is 4.79 Å². The van der Waals surface area contributed by atoms with Gasteiger partial charge in [0.1, 0.15) is 18.6 Å². The smallest absolute Gasteiger partial charge is 0.231 e. The topological polar surface area (TPSA) is 64.4 Å². The highest BCUT2D eigenvalue weighted by Gasteiger charge is 2.25. The van der Waals surface area contributed by atoms with Gasteiger partial charge in [0.25, 0.3) is 0 Å². The summed E-state index contributed by atoms with van der Waals surface area (Å²) in [5.41, 5.74) is 2.61. The molecule has 1 atom stereocenters. The minimum Gasteiger partial charge on any atom is -0.492 e. The SMILES string of the molecule is O=C(Nc1cccc(-c2ncco2)c1)[C@@H]1COc2ccccc2C1. The van der Waals surface area contributed by atoms with Crippen LogP contribution in [0.1, 0.15) is 5.56 Å². The number of nitrogens with one attached hydrogen (secondary N) is 1. The van der Waals surface area contributed by atoms with Gasteiger partial charge in [-0.25, -0.2) is 4.98 Å². The second-order valence-corrected chi connectivity index (χ2v) is 5.73. The zero-order valence-electron chi connectivity index (χ0n) is 12.9. The van der Waals surface area contributed by atoms with Crippen LogP contribution in [-0.2, 0) is 11.2 Å². The van der Waals surface area contributed by atoms with Gasteiger partial charge in [0, 0.05) is 11.3 Å². The van der Waals surface area contributed by atoms with Crippen molar-refractivity contribution >= 4 is 11.6 Å². The summed E-state index contributed by atoms with van der Waals surface area (Å²) in [7, 11) is 0. The Morgan fingerprint density at radius 1 is 1.17 bits per heavy atom. The van der Waals surface area contributed by atoms with E-state index in [4.69, 9.17) is 9.15 Å². The Labute approximate surface area is 139 Å². The van der Waals surface area contributed by atoms with Crippen LogP contribution < -0.4 is 10.1 Å². The average Bonchev–Trinajstić information content (AvgIpc) is 3.16. The van der Waals surface area contributed by atoms with Gasteiger partial charge < -0.3 is 14.5 Å². The number of ether oxygens (including phenoxy) is 1. The van der Waals surface area contributed by atoms with Crippen LogP contribution in [0.3, 0.4) is 0 Å². The van der Waals surface area contributed by atoms with Gasteiger partial charge in [0.2, 0.25) is 11.8 Å². The van der Waals surface area contributed by atoms with E-state index in [1.165, 1.54) is 6.26 Å². The number of nitrogens with zero attached hydrogens (tertiary/aromatic N) is 1. The van der Waals surface area contributed by atoms with Crippen LogP contribution >= 0.6 is 0 Å². The standard InChI is InChI=1S/C19H16N2O3/c22-18(15-10-13-4-1-2-7-17(13)24-12-15)21-16-6-3-5-14(11-16)19-20-8-9-23-19/h1-9,11,15H,10,12H2,(H,21,22)/t15-/m0/s1. The summed E-state index contributed by atoms with van der Waals surface area (Å²) < 4.78 is 11.0. The predicted molar refractivity (Wildman–Crippen MR) is 89.7 cm³/mol. The molecule has 4 rings (SSSR count). The Hall–Kier alpha value is -3.08. The van der Waals surface area contributed by atoms with E-state index in [1.807, 2.05) is 48.5 Å². The van der Waals surface area contributed by atoms with Crippen LogP contribution in [-0.4, -0.2) is 17.5 Å². The average molecular weight is 320 g/mol. The maximum absolute atomic E-state index is 12.5. The highest BCUT2D eigenvalue weighted by Crippen LogP contribution is 2.28. The lowest BCUT2D eigenvalue weighted by atomic mass is 9.96. The van der Waals surface area contributed by atoms with Gasteiger partial charge >= 0.3 is 0 Å². The summed E-state index contributed by atoms with van der Waals surface area (Å²) in [6.45, 7) is 0.391. The lowest BCUT2D eigenvalue weighted by molar-refractivity contribution is -0.121. The van der Waals surface area contributed by atoms with Crippen molar-refractivity contribution in [1.82, 2.24) is 4.98 Å². The first-order valence-corrected chi connectivity index (χ1v) is 7.81. The highest BCUT2D eigenvalue weighted by molar-refractivity contribution is 5.93. The molecule has 0 unspecified atom stereocenters. The Balaban J connectivity index is 1.48. The fourth-order valence-corrected chi connectivity index (χ4v) is 2.84. The lowest BCUT2D eigenvalue weighted by Crippen LogP contribution is -2.32. The van der Waals surface area contributed by atoms with E-state index in [9.17, 15) is 4.79 Å². The lowest BCUT2D eigenvalue weighted by Gasteiger charge is -2.24. The molecule has 0 saturated heterocycles. The van der Waals surface area contributed by atoms with Crippen molar-refractivity contribution in [2.75, 3.05) is 11.9 Å². The quantitative estimate of drug-likeness (QED) is 0.802. The van der Waals surface area contributed by atoms with Crippen molar-refractivity contribution in [3.63, 3.8) is 0 Å². The number of carbonyl (C=O) groups is 1. The van der Waals surface area contributed by atoms with Crippen molar-refractivity contribution in [2.45, 2.75) is 6.42 Å². The molecule has 0 aliphatic carbocycles. The first-order chi connectivity index (χ1) is 11.8. The van der Waals surface area contributed by atoms with E-state index >= 15 is 0 Å². The maximum Gasteiger partial charge on any atom is 0.231 e. The molecule has 120 valence electrons. The molecule has 1 aliphatic rings. The molecular formula is C19H16N2O3. The van der Waals surface area contributed by atoms with Crippen LogP contribution in [0.4, 0.5) is 5.69 Å². The molecule has 0 radical (unpaired) electrons. The van der Waals surface area contributed by atoms with E-state index in [0.717, 1.165) is 22.6 Å². The Morgan fingerprint density at radius 3 is 2.96 bits per heavy atom. The monoisotopic (exact) mass is 320 g/mol. The van der Waals surface area contributed by atoms with Crippen molar-refractivity contribution in [1.29, 1.82) is 0 Å². The fraction of sp³-hybridized carbons (Fsp3) is 0.158. The minimum atomic E-state index is -0.203. The summed E-state index contributed by atoms with van der Waals surface area (Å²) in [6, 6.07) is 15.3. The molecule has 2 aromatic carbocycles. The largest absolute Gasteiger partial charge is 0.492 e. The molecular weight excluding hydrogens is 304 g/mol. The summed E-state index contributed by atoms with van der Waals surface area (Å²) in [4.78, 5) is 16.7. The van der Waals surface area contributed by atoms with Gasteiger partial charge in [0.15, 0.2) is 0 Å². The number of hydrogen-bond donors (Lipinski definition) is 1. The van der Waals surface area contributed by atoms with Crippen LogP contribution in [0.2, 0.25) is 0 Å². The predicted octanol–water partition coefficient (Wildman–Crippen LogP) is 3.53. The summed E-state index contributed by atoms with van der Waals surface area (Å²) in [5.74, 6) is 1.15. The molecule has 1 aliphatic heterocycles. The number of benzene rings is 2. The summed E-state index contributed by atoms with van der Waals surface area (Å²) in [6.07, 6.45) is 3.80. The third kappa shape index (κ3) is 2.88. The molecule has 24 heavy (non-hydrogen) atoms. The Bertz CT molecular complexity index is 859. The van der Waals surface area contributed by atoms with Gasteiger partial charge in [-0.05, 0) is 36.2 Å². The summed E-state index contributed by atoms with van der Waals surface area (Å²) in [5, 5.41) is 2.96. The van der Waals surface area contributed by atoms with Crippen LogP contribution in [0.15, 0.2) is 65.4 Å². The number of amides is 1. The third-order valence-electron chi connectivity index (χ3n) is 4.06. The number of para-hydroxylation sites is 1. The van der Waals surface area contributed by atoms with E-state index in [-0.39, 0.29) is 11.8 Å². The van der Waals surface area contributed by atoms with E-state index < -0.39 is 0 Å².